The van der Waals surface area contributed by atoms with Crippen LogP contribution in [0.5, 0.6) is 5.75 Å². The van der Waals surface area contributed by atoms with Crippen LogP contribution in [0.4, 0.5) is 5.69 Å². The normalized spacial score (nSPS) is 20.8. The molecular formula is C19H26ClN3O4. The molecule has 27 heavy (non-hydrogen) atoms. The number of carbonyl (C=O) groups excluding carboxylic acids is 2. The van der Waals surface area contributed by atoms with Crippen molar-refractivity contribution < 1.29 is 19.1 Å². The van der Waals surface area contributed by atoms with Crippen LogP contribution >= 0.6 is 11.6 Å². The van der Waals surface area contributed by atoms with Crippen LogP contribution in [0, 0.1) is 12.8 Å². The highest BCUT2D eigenvalue weighted by Gasteiger charge is 2.34. The molecule has 1 atom stereocenters. The van der Waals surface area contributed by atoms with Gasteiger partial charge in [0.1, 0.15) is 5.75 Å². The van der Waals surface area contributed by atoms with Gasteiger partial charge in [-0.2, -0.15) is 0 Å². The summed E-state index contributed by atoms with van der Waals surface area (Å²) in [5.74, 6) is 0.00947. The van der Waals surface area contributed by atoms with E-state index in [0.717, 1.165) is 38.4 Å². The van der Waals surface area contributed by atoms with E-state index in [1.54, 1.807) is 17.0 Å². The number of nitrogens with zero attached hydrogens (tertiary/aromatic N) is 2. The molecule has 0 bridgehead atoms. The molecule has 0 radical (unpaired) electrons. The third kappa shape index (κ3) is 4.91. The fraction of sp³-hybridized carbons (Fsp3) is 0.579. The van der Waals surface area contributed by atoms with E-state index in [1.165, 1.54) is 7.11 Å². The average Bonchev–Trinajstić information content (AvgIpc) is 3.04. The molecule has 0 spiro atoms. The molecule has 3 rings (SSSR count). The second-order valence-corrected chi connectivity index (χ2v) is 7.39. The summed E-state index contributed by atoms with van der Waals surface area (Å²) in [6.45, 7) is 7.03. The zero-order valence-electron chi connectivity index (χ0n) is 15.8. The van der Waals surface area contributed by atoms with Crippen LogP contribution in [0.1, 0.15) is 12.0 Å². The van der Waals surface area contributed by atoms with Gasteiger partial charge in [-0.05, 0) is 18.6 Å². The van der Waals surface area contributed by atoms with Gasteiger partial charge in [0.25, 0.3) is 0 Å². The molecule has 0 saturated carbocycles. The molecule has 148 valence electrons. The zero-order valence-corrected chi connectivity index (χ0v) is 16.6. The largest absolute Gasteiger partial charge is 0.495 e. The van der Waals surface area contributed by atoms with Gasteiger partial charge in [-0.25, -0.2) is 0 Å². The van der Waals surface area contributed by atoms with E-state index < -0.39 is 0 Å². The van der Waals surface area contributed by atoms with Gasteiger partial charge in [0.15, 0.2) is 0 Å². The van der Waals surface area contributed by atoms with Crippen molar-refractivity contribution in [3.05, 3.63) is 22.7 Å². The van der Waals surface area contributed by atoms with Crippen molar-refractivity contribution in [2.24, 2.45) is 5.92 Å². The van der Waals surface area contributed by atoms with Gasteiger partial charge in [-0.1, -0.05) is 11.6 Å². The van der Waals surface area contributed by atoms with Gasteiger partial charge in [0, 0.05) is 50.2 Å². The molecule has 2 amide bonds. The molecule has 8 heteroatoms. The first-order chi connectivity index (χ1) is 13.0. The maximum absolute atomic E-state index is 12.7. The smallest absolute Gasteiger partial charge is 0.229 e. The number of ether oxygens (including phenoxy) is 2. The summed E-state index contributed by atoms with van der Waals surface area (Å²) in [4.78, 5) is 29.0. The molecular weight excluding hydrogens is 370 g/mol. The molecule has 1 aromatic carbocycles. The van der Waals surface area contributed by atoms with Crippen molar-refractivity contribution in [2.45, 2.75) is 13.3 Å². The third-order valence-electron chi connectivity index (χ3n) is 5.11. The Hall–Kier alpha value is -1.83. The van der Waals surface area contributed by atoms with E-state index in [-0.39, 0.29) is 24.2 Å². The van der Waals surface area contributed by atoms with Gasteiger partial charge >= 0.3 is 0 Å². The van der Waals surface area contributed by atoms with Crippen molar-refractivity contribution in [1.29, 1.82) is 0 Å². The maximum atomic E-state index is 12.7. The molecule has 2 aliphatic heterocycles. The van der Waals surface area contributed by atoms with E-state index in [4.69, 9.17) is 21.1 Å². The monoisotopic (exact) mass is 395 g/mol. The van der Waals surface area contributed by atoms with Crippen molar-refractivity contribution in [1.82, 2.24) is 9.80 Å². The van der Waals surface area contributed by atoms with Crippen molar-refractivity contribution in [3.8, 4) is 5.75 Å². The fourth-order valence-electron chi connectivity index (χ4n) is 3.42. The summed E-state index contributed by atoms with van der Waals surface area (Å²) in [5, 5.41) is 3.47. The average molecular weight is 396 g/mol. The number of benzene rings is 1. The Labute approximate surface area is 164 Å². The number of halogens is 1. The van der Waals surface area contributed by atoms with Gasteiger partial charge in [0.05, 0.1) is 31.9 Å². The molecule has 2 saturated heterocycles. The first-order valence-electron chi connectivity index (χ1n) is 9.21. The molecule has 2 heterocycles. The third-order valence-corrected chi connectivity index (χ3v) is 5.52. The van der Waals surface area contributed by atoms with E-state index in [0.29, 0.717) is 29.5 Å². The van der Waals surface area contributed by atoms with Crippen molar-refractivity contribution in [2.75, 3.05) is 58.4 Å². The van der Waals surface area contributed by atoms with Crippen LogP contribution in [-0.4, -0.2) is 74.7 Å². The number of methoxy groups -OCH3 is 1. The van der Waals surface area contributed by atoms with Crippen LogP contribution in [0.15, 0.2) is 12.1 Å². The van der Waals surface area contributed by atoms with E-state index in [2.05, 4.69) is 10.2 Å². The molecule has 0 aromatic heterocycles. The number of aryl methyl sites for hydroxylation is 1. The molecule has 7 nitrogen and oxygen atoms in total. The number of amides is 2. The second-order valence-electron chi connectivity index (χ2n) is 6.99. The predicted octanol–water partition coefficient (Wildman–Crippen LogP) is 1.78. The number of hydrogen-bond acceptors (Lipinski definition) is 5. The Kier molecular flexibility index (Phi) is 6.57. The molecule has 2 fully saturated rings. The molecule has 1 unspecified atom stereocenters. The Bertz CT molecular complexity index is 706. The van der Waals surface area contributed by atoms with Crippen molar-refractivity contribution >= 4 is 29.1 Å². The number of likely N-dealkylation sites (tertiary alicyclic amines) is 1. The second kappa shape index (κ2) is 8.91. The Morgan fingerprint density at radius 3 is 2.78 bits per heavy atom. The highest BCUT2D eigenvalue weighted by atomic mass is 35.5. The van der Waals surface area contributed by atoms with Crippen LogP contribution in [0.25, 0.3) is 0 Å². The summed E-state index contributed by atoms with van der Waals surface area (Å²) >= 11 is 6.11. The van der Waals surface area contributed by atoms with Crippen LogP contribution in [-0.2, 0) is 14.3 Å². The summed E-state index contributed by atoms with van der Waals surface area (Å²) in [6, 6.07) is 3.47. The first-order valence-corrected chi connectivity index (χ1v) is 9.58. The fourth-order valence-corrected chi connectivity index (χ4v) is 3.57. The first kappa shape index (κ1) is 19.9. The minimum Gasteiger partial charge on any atom is -0.495 e. The van der Waals surface area contributed by atoms with Gasteiger partial charge in [-0.15, -0.1) is 0 Å². The Morgan fingerprint density at radius 1 is 1.33 bits per heavy atom. The number of morpholine rings is 1. The molecule has 1 aromatic rings. The number of carbonyl (C=O) groups is 2. The number of anilines is 1. The summed E-state index contributed by atoms with van der Waals surface area (Å²) in [6.07, 6.45) is 0.240. The topological polar surface area (TPSA) is 71.1 Å². The standard InChI is InChI=1S/C19H26ClN3O4/c1-13-9-16(17(26-2)11-15(13)20)21-19(25)14-10-18(24)23(12-14)4-3-22-5-7-27-8-6-22/h9,11,14H,3-8,10,12H2,1-2H3,(H,21,25). The minimum absolute atomic E-state index is 0.0302. The van der Waals surface area contributed by atoms with E-state index in [9.17, 15) is 9.59 Å². The van der Waals surface area contributed by atoms with Gasteiger partial charge in [0.2, 0.25) is 11.8 Å². The van der Waals surface area contributed by atoms with Crippen LogP contribution in [0.3, 0.4) is 0 Å². The van der Waals surface area contributed by atoms with E-state index >= 15 is 0 Å². The molecule has 2 aliphatic rings. The van der Waals surface area contributed by atoms with Gasteiger partial charge < -0.3 is 19.7 Å². The lowest BCUT2D eigenvalue weighted by atomic mass is 10.1. The summed E-state index contributed by atoms with van der Waals surface area (Å²) in [5.41, 5.74) is 1.42. The highest BCUT2D eigenvalue weighted by Crippen LogP contribution is 2.32. The van der Waals surface area contributed by atoms with Gasteiger partial charge in [-0.3, -0.25) is 14.5 Å². The van der Waals surface area contributed by atoms with Crippen molar-refractivity contribution in [3.63, 3.8) is 0 Å². The maximum Gasteiger partial charge on any atom is 0.229 e. The summed E-state index contributed by atoms with van der Waals surface area (Å²) < 4.78 is 10.6. The number of nitrogens with one attached hydrogen (secondary N) is 1. The lowest BCUT2D eigenvalue weighted by molar-refractivity contribution is -0.128. The lowest BCUT2D eigenvalue weighted by Crippen LogP contribution is -2.42. The van der Waals surface area contributed by atoms with E-state index in [1.807, 2.05) is 6.92 Å². The Morgan fingerprint density at radius 2 is 2.07 bits per heavy atom. The lowest BCUT2D eigenvalue weighted by Gasteiger charge is -2.28. The Balaban J connectivity index is 1.56. The van der Waals surface area contributed by atoms with Crippen LogP contribution < -0.4 is 10.1 Å². The highest BCUT2D eigenvalue weighted by molar-refractivity contribution is 6.31. The molecule has 1 N–H and O–H groups in total. The molecule has 0 aliphatic carbocycles. The zero-order chi connectivity index (χ0) is 19.4. The SMILES string of the molecule is COc1cc(Cl)c(C)cc1NC(=O)C1CC(=O)N(CCN2CCOCC2)C1. The number of rotatable bonds is 6. The number of hydrogen-bond donors (Lipinski definition) is 1. The summed E-state index contributed by atoms with van der Waals surface area (Å²) in [7, 11) is 1.53. The minimum atomic E-state index is -0.358. The quantitative estimate of drug-likeness (QED) is 0.795. The van der Waals surface area contributed by atoms with Crippen LogP contribution in [0.2, 0.25) is 5.02 Å². The predicted molar refractivity (Wildman–Crippen MR) is 103 cm³/mol.